The molecular weight excluding hydrogens is 468 g/mol. The number of aromatic nitrogens is 2. The van der Waals surface area contributed by atoms with E-state index in [0.717, 1.165) is 12.1 Å². The van der Waals surface area contributed by atoms with Gasteiger partial charge in [-0.05, 0) is 78.7 Å². The average molecular weight is 493 g/mol. The third-order valence-electron chi connectivity index (χ3n) is 5.09. The summed E-state index contributed by atoms with van der Waals surface area (Å²) in [4.78, 5) is 15.2. The molecule has 3 aromatic carbocycles. The lowest BCUT2D eigenvalue weighted by atomic mass is 10.1. The zero-order chi connectivity index (χ0) is 24.8. The topological polar surface area (TPSA) is 108 Å². The van der Waals surface area contributed by atoms with Crippen molar-refractivity contribution in [2.75, 3.05) is 6.61 Å². The number of aliphatic carboxylic acids is 1. The van der Waals surface area contributed by atoms with Crippen molar-refractivity contribution in [3.8, 4) is 22.9 Å². The molecule has 35 heavy (non-hydrogen) atoms. The predicted molar refractivity (Wildman–Crippen MR) is 129 cm³/mol. The summed E-state index contributed by atoms with van der Waals surface area (Å²) in [7, 11) is -3.90. The number of carboxylic acids is 1. The molecule has 0 bridgehead atoms. The molecule has 0 amide bonds. The Bertz CT molecular complexity index is 1400. The van der Waals surface area contributed by atoms with Gasteiger partial charge in [0.05, 0.1) is 29.1 Å². The Kier molecular flexibility index (Phi) is 7.17. The monoisotopic (exact) mass is 492 g/mol. The number of hydrogen-bond donors (Lipinski definition) is 1. The molecule has 1 aromatic heterocycles. The van der Waals surface area contributed by atoms with Crippen LogP contribution in [-0.4, -0.2) is 35.7 Å². The molecule has 0 aliphatic heterocycles. The van der Waals surface area contributed by atoms with Gasteiger partial charge in [-0.1, -0.05) is 6.92 Å². The molecule has 9 heteroatoms. The summed E-state index contributed by atoms with van der Waals surface area (Å²) in [6, 6.07) is 17.8. The Hall–Kier alpha value is -4.11. The van der Waals surface area contributed by atoms with Crippen LogP contribution in [0.5, 0.6) is 17.2 Å². The molecule has 0 unspecified atom stereocenters. The second-order valence-corrected chi connectivity index (χ2v) is 9.72. The highest BCUT2D eigenvalue weighted by atomic mass is 32.2. The fourth-order valence-electron chi connectivity index (χ4n) is 3.42. The van der Waals surface area contributed by atoms with Crippen LogP contribution in [0, 0.1) is 0 Å². The second-order valence-electron chi connectivity index (χ2n) is 7.77. The molecular formula is C26H24N2O6S. The first-order valence-electron chi connectivity index (χ1n) is 10.9. The van der Waals surface area contributed by atoms with Crippen LogP contribution in [-0.2, 0) is 21.1 Å². The van der Waals surface area contributed by atoms with Gasteiger partial charge in [0.1, 0.15) is 17.2 Å². The van der Waals surface area contributed by atoms with E-state index in [1.54, 1.807) is 30.7 Å². The third kappa shape index (κ3) is 5.88. The van der Waals surface area contributed by atoms with Gasteiger partial charge in [-0.25, -0.2) is 13.4 Å². The summed E-state index contributed by atoms with van der Waals surface area (Å²) in [5, 5.41) is 9.15. The Morgan fingerprint density at radius 1 is 0.943 bits per heavy atom. The lowest BCUT2D eigenvalue weighted by molar-refractivity contribution is -0.136. The van der Waals surface area contributed by atoms with Crippen molar-refractivity contribution in [3.63, 3.8) is 0 Å². The quantitative estimate of drug-likeness (QED) is 0.335. The number of ether oxygens (including phenoxy) is 2. The molecule has 0 atom stereocenters. The first kappa shape index (κ1) is 24.0. The van der Waals surface area contributed by atoms with E-state index in [-0.39, 0.29) is 16.2 Å². The van der Waals surface area contributed by atoms with E-state index >= 15 is 0 Å². The van der Waals surface area contributed by atoms with Gasteiger partial charge in [-0.3, -0.25) is 4.79 Å². The van der Waals surface area contributed by atoms with Crippen molar-refractivity contribution >= 4 is 15.8 Å². The van der Waals surface area contributed by atoms with E-state index in [9.17, 15) is 13.2 Å². The summed E-state index contributed by atoms with van der Waals surface area (Å²) >= 11 is 0. The predicted octanol–water partition coefficient (Wildman–Crippen LogP) is 4.91. The van der Waals surface area contributed by atoms with Gasteiger partial charge in [0, 0.05) is 18.1 Å². The van der Waals surface area contributed by atoms with E-state index in [2.05, 4.69) is 4.98 Å². The third-order valence-corrected chi connectivity index (χ3v) is 6.84. The van der Waals surface area contributed by atoms with Crippen LogP contribution >= 0.6 is 0 Å². The van der Waals surface area contributed by atoms with Crippen molar-refractivity contribution in [2.24, 2.45) is 0 Å². The van der Waals surface area contributed by atoms with E-state index in [4.69, 9.17) is 14.6 Å². The Morgan fingerprint density at radius 2 is 1.63 bits per heavy atom. The number of imidazole rings is 1. The van der Waals surface area contributed by atoms with E-state index in [1.807, 2.05) is 42.0 Å². The minimum atomic E-state index is -3.90. The van der Waals surface area contributed by atoms with Crippen LogP contribution in [0.25, 0.3) is 5.69 Å². The summed E-state index contributed by atoms with van der Waals surface area (Å²) in [6.45, 7) is 2.32. The molecule has 0 aliphatic rings. The normalized spacial score (nSPS) is 11.2. The highest BCUT2D eigenvalue weighted by Crippen LogP contribution is 2.29. The Balaban J connectivity index is 1.54. The van der Waals surface area contributed by atoms with E-state index in [1.165, 1.54) is 24.3 Å². The van der Waals surface area contributed by atoms with Crippen molar-refractivity contribution in [3.05, 3.63) is 91.0 Å². The van der Waals surface area contributed by atoms with Gasteiger partial charge in [0.15, 0.2) is 0 Å². The summed E-state index contributed by atoms with van der Waals surface area (Å²) in [5.41, 5.74) is 1.28. The van der Waals surface area contributed by atoms with Crippen LogP contribution < -0.4 is 9.47 Å². The molecule has 0 saturated heterocycles. The highest BCUT2D eigenvalue weighted by Gasteiger charge is 2.20. The van der Waals surface area contributed by atoms with Crippen molar-refractivity contribution in [1.29, 1.82) is 0 Å². The molecule has 0 radical (unpaired) electrons. The van der Waals surface area contributed by atoms with Crippen LogP contribution in [0.3, 0.4) is 0 Å². The first-order valence-corrected chi connectivity index (χ1v) is 12.4. The van der Waals surface area contributed by atoms with Gasteiger partial charge in [0.25, 0.3) is 0 Å². The molecule has 4 rings (SSSR count). The number of sulfone groups is 1. The second kappa shape index (κ2) is 10.4. The smallest absolute Gasteiger partial charge is 0.307 e. The van der Waals surface area contributed by atoms with Crippen molar-refractivity contribution in [1.82, 2.24) is 9.55 Å². The lowest BCUT2D eigenvalue weighted by Crippen LogP contribution is -2.07. The number of hydrogen-bond acceptors (Lipinski definition) is 6. The standard InChI is InChI=1S/C26H24N2O6S/c1-2-13-33-23-14-19(16-26(29)30)15-25(17-23)35(31,32)24-9-7-22(8-10-24)34-21-5-3-20(4-6-21)28-12-11-27-18-28/h3-12,14-15,17-18H,2,13,16H2,1H3,(H,29,30). The molecule has 8 nitrogen and oxygen atoms in total. The van der Waals surface area contributed by atoms with Gasteiger partial charge >= 0.3 is 5.97 Å². The Morgan fingerprint density at radius 3 is 2.23 bits per heavy atom. The lowest BCUT2D eigenvalue weighted by Gasteiger charge is -2.12. The zero-order valence-corrected chi connectivity index (χ0v) is 19.8. The summed E-state index contributed by atoms with van der Waals surface area (Å²) in [5.74, 6) is 0.346. The molecule has 1 N–H and O–H groups in total. The van der Waals surface area contributed by atoms with Crippen LogP contribution in [0.2, 0.25) is 0 Å². The number of carboxylic acid groups (broad SMARTS) is 1. The highest BCUT2D eigenvalue weighted by molar-refractivity contribution is 7.91. The maximum atomic E-state index is 13.3. The molecule has 0 saturated carbocycles. The van der Waals surface area contributed by atoms with Crippen LogP contribution in [0.4, 0.5) is 0 Å². The number of carbonyl (C=O) groups is 1. The molecule has 4 aromatic rings. The SMILES string of the molecule is CCCOc1cc(CC(=O)O)cc(S(=O)(=O)c2ccc(Oc3ccc(-n4ccnc4)cc3)cc2)c1. The minimum absolute atomic E-state index is 0.0221. The van der Waals surface area contributed by atoms with Gasteiger partial charge in [-0.2, -0.15) is 0 Å². The van der Waals surface area contributed by atoms with Crippen molar-refractivity contribution in [2.45, 2.75) is 29.6 Å². The van der Waals surface area contributed by atoms with Gasteiger partial charge in [-0.15, -0.1) is 0 Å². The maximum absolute atomic E-state index is 13.3. The molecule has 180 valence electrons. The number of rotatable bonds is 10. The summed E-state index contributed by atoms with van der Waals surface area (Å²) in [6.07, 6.45) is 5.66. The first-order chi connectivity index (χ1) is 16.8. The van der Waals surface area contributed by atoms with Gasteiger partial charge in [0.2, 0.25) is 9.84 Å². The molecule has 0 fully saturated rings. The van der Waals surface area contributed by atoms with E-state index in [0.29, 0.717) is 29.4 Å². The zero-order valence-electron chi connectivity index (χ0n) is 19.0. The molecule has 0 spiro atoms. The maximum Gasteiger partial charge on any atom is 0.307 e. The molecule has 1 heterocycles. The number of benzene rings is 3. The fourth-order valence-corrected chi connectivity index (χ4v) is 4.77. The Labute approximate surface area is 203 Å². The van der Waals surface area contributed by atoms with Crippen molar-refractivity contribution < 1.29 is 27.8 Å². The fraction of sp³-hybridized carbons (Fsp3) is 0.154. The average Bonchev–Trinajstić information content (AvgIpc) is 3.38. The van der Waals surface area contributed by atoms with Crippen LogP contribution in [0.15, 0.2) is 95.2 Å². The molecule has 0 aliphatic carbocycles. The minimum Gasteiger partial charge on any atom is -0.494 e. The summed E-state index contributed by atoms with van der Waals surface area (Å²) < 4.78 is 39.8. The number of nitrogens with zero attached hydrogens (tertiary/aromatic N) is 2. The van der Waals surface area contributed by atoms with Gasteiger partial charge < -0.3 is 19.1 Å². The van der Waals surface area contributed by atoms with Crippen LogP contribution in [0.1, 0.15) is 18.9 Å². The van der Waals surface area contributed by atoms with E-state index < -0.39 is 15.8 Å². The largest absolute Gasteiger partial charge is 0.494 e.